The van der Waals surface area contributed by atoms with E-state index in [1.807, 2.05) is 0 Å². The summed E-state index contributed by atoms with van der Waals surface area (Å²) in [5.41, 5.74) is 2.64. The molecular formula is C15H18ClN3O2. The normalized spacial score (nSPS) is 15.9. The lowest BCUT2D eigenvalue weighted by atomic mass is 9.90. The van der Waals surface area contributed by atoms with E-state index in [1.54, 1.807) is 30.5 Å². The van der Waals surface area contributed by atoms with Gasteiger partial charge in [-0.15, -0.1) is 0 Å². The number of anilines is 1. The van der Waals surface area contributed by atoms with Crippen molar-refractivity contribution in [3.8, 4) is 0 Å². The highest BCUT2D eigenvalue weighted by atomic mass is 35.5. The minimum atomic E-state index is -0.804. The first-order valence-corrected chi connectivity index (χ1v) is 7.43. The van der Waals surface area contributed by atoms with E-state index in [2.05, 4.69) is 15.8 Å². The number of hydrazone groups is 1. The predicted molar refractivity (Wildman–Crippen MR) is 83.3 cm³/mol. The third-order valence-corrected chi connectivity index (χ3v) is 3.76. The number of benzene rings is 1. The maximum absolute atomic E-state index is 11.7. The topological polar surface area (TPSA) is 70.6 Å². The van der Waals surface area contributed by atoms with E-state index in [-0.39, 0.29) is 0 Å². The van der Waals surface area contributed by atoms with Crippen molar-refractivity contribution in [2.45, 2.75) is 32.1 Å². The van der Waals surface area contributed by atoms with E-state index in [1.165, 1.54) is 19.3 Å². The fourth-order valence-electron chi connectivity index (χ4n) is 2.28. The van der Waals surface area contributed by atoms with Gasteiger partial charge in [-0.3, -0.25) is 9.59 Å². The van der Waals surface area contributed by atoms with Gasteiger partial charge in [-0.05, 0) is 30.9 Å². The molecule has 0 spiro atoms. The van der Waals surface area contributed by atoms with E-state index in [0.717, 1.165) is 12.8 Å². The number of rotatable bonds is 3. The van der Waals surface area contributed by atoms with Crippen LogP contribution in [0.25, 0.3) is 0 Å². The van der Waals surface area contributed by atoms with Crippen molar-refractivity contribution in [2.24, 2.45) is 11.0 Å². The molecule has 1 saturated carbocycles. The Hall–Kier alpha value is -1.88. The Morgan fingerprint density at radius 2 is 1.86 bits per heavy atom. The van der Waals surface area contributed by atoms with Crippen LogP contribution in [0, 0.1) is 5.92 Å². The van der Waals surface area contributed by atoms with Crippen LogP contribution in [0.3, 0.4) is 0 Å². The minimum Gasteiger partial charge on any atom is -0.316 e. The summed E-state index contributed by atoms with van der Waals surface area (Å²) in [7, 11) is 0. The first-order chi connectivity index (χ1) is 10.2. The maximum atomic E-state index is 11.7. The molecule has 1 aliphatic rings. The van der Waals surface area contributed by atoms with Crippen molar-refractivity contribution in [1.29, 1.82) is 0 Å². The molecule has 1 aromatic rings. The van der Waals surface area contributed by atoms with E-state index >= 15 is 0 Å². The molecule has 0 heterocycles. The standard InChI is InChI=1S/C15H18ClN3O2/c16-12-8-4-5-9-13(12)18-14(20)15(21)19-17-10-11-6-2-1-3-7-11/h4-5,8-11H,1-3,6-7H2,(H,18,20)(H,19,21)/b17-10+. The van der Waals surface area contributed by atoms with Crippen molar-refractivity contribution >= 4 is 35.3 Å². The molecule has 5 nitrogen and oxygen atoms in total. The first-order valence-electron chi connectivity index (χ1n) is 7.06. The number of para-hydroxylation sites is 1. The number of hydrogen-bond donors (Lipinski definition) is 2. The molecule has 2 amide bonds. The van der Waals surface area contributed by atoms with Gasteiger partial charge in [0.2, 0.25) is 0 Å². The monoisotopic (exact) mass is 307 g/mol. The van der Waals surface area contributed by atoms with Crippen molar-refractivity contribution < 1.29 is 9.59 Å². The molecule has 0 aliphatic heterocycles. The molecule has 1 aromatic carbocycles. The van der Waals surface area contributed by atoms with Crippen LogP contribution >= 0.6 is 11.6 Å². The molecule has 1 aliphatic carbocycles. The van der Waals surface area contributed by atoms with Gasteiger partial charge in [-0.2, -0.15) is 5.10 Å². The van der Waals surface area contributed by atoms with Crippen LogP contribution in [0.4, 0.5) is 5.69 Å². The second kappa shape index (κ2) is 7.78. The van der Waals surface area contributed by atoms with Crippen molar-refractivity contribution in [2.75, 3.05) is 5.32 Å². The molecule has 2 rings (SSSR count). The lowest BCUT2D eigenvalue weighted by molar-refractivity contribution is -0.136. The molecule has 21 heavy (non-hydrogen) atoms. The molecule has 1 fully saturated rings. The Kier molecular flexibility index (Phi) is 5.75. The van der Waals surface area contributed by atoms with Crippen LogP contribution in [0.5, 0.6) is 0 Å². The molecular weight excluding hydrogens is 290 g/mol. The number of hydrogen-bond acceptors (Lipinski definition) is 3. The summed E-state index contributed by atoms with van der Waals surface area (Å²) in [6.45, 7) is 0. The van der Waals surface area contributed by atoms with Gasteiger partial charge >= 0.3 is 11.8 Å². The fraction of sp³-hybridized carbons (Fsp3) is 0.400. The maximum Gasteiger partial charge on any atom is 0.329 e. The molecule has 0 aromatic heterocycles. The van der Waals surface area contributed by atoms with Crippen LogP contribution < -0.4 is 10.7 Å². The Morgan fingerprint density at radius 1 is 1.14 bits per heavy atom. The molecule has 0 unspecified atom stereocenters. The van der Waals surface area contributed by atoms with Crippen LogP contribution in [-0.4, -0.2) is 18.0 Å². The fourth-order valence-corrected chi connectivity index (χ4v) is 2.46. The quantitative estimate of drug-likeness (QED) is 0.512. The van der Waals surface area contributed by atoms with E-state index in [0.29, 0.717) is 16.6 Å². The van der Waals surface area contributed by atoms with Crippen LogP contribution in [0.15, 0.2) is 29.4 Å². The zero-order valence-electron chi connectivity index (χ0n) is 11.6. The zero-order valence-corrected chi connectivity index (χ0v) is 12.4. The number of halogens is 1. The molecule has 0 atom stereocenters. The molecule has 6 heteroatoms. The summed E-state index contributed by atoms with van der Waals surface area (Å²) in [5.74, 6) is -1.20. The van der Waals surface area contributed by atoms with E-state index < -0.39 is 11.8 Å². The molecule has 2 N–H and O–H groups in total. The zero-order chi connectivity index (χ0) is 15.1. The van der Waals surface area contributed by atoms with Crippen molar-refractivity contribution in [3.63, 3.8) is 0 Å². The second-order valence-electron chi connectivity index (χ2n) is 5.05. The van der Waals surface area contributed by atoms with Gasteiger partial charge in [0, 0.05) is 6.21 Å². The average molecular weight is 308 g/mol. The van der Waals surface area contributed by atoms with E-state index in [4.69, 9.17) is 11.6 Å². The van der Waals surface area contributed by atoms with Crippen LogP contribution in [0.2, 0.25) is 5.02 Å². The van der Waals surface area contributed by atoms with Crippen molar-refractivity contribution in [3.05, 3.63) is 29.3 Å². The third-order valence-electron chi connectivity index (χ3n) is 3.43. The highest BCUT2D eigenvalue weighted by molar-refractivity contribution is 6.41. The largest absolute Gasteiger partial charge is 0.329 e. The molecule has 0 bridgehead atoms. The molecule has 0 saturated heterocycles. The smallest absolute Gasteiger partial charge is 0.316 e. The first kappa shape index (κ1) is 15.5. The van der Waals surface area contributed by atoms with Gasteiger partial charge in [0.15, 0.2) is 0 Å². The molecule has 0 radical (unpaired) electrons. The van der Waals surface area contributed by atoms with Gasteiger partial charge in [0.25, 0.3) is 0 Å². The summed E-state index contributed by atoms with van der Waals surface area (Å²) < 4.78 is 0. The average Bonchev–Trinajstić information content (AvgIpc) is 2.50. The van der Waals surface area contributed by atoms with Gasteiger partial charge in [-0.1, -0.05) is 43.0 Å². The summed E-state index contributed by atoms with van der Waals surface area (Å²) in [6.07, 6.45) is 7.54. The van der Waals surface area contributed by atoms with Crippen molar-refractivity contribution in [1.82, 2.24) is 5.43 Å². The van der Waals surface area contributed by atoms with Gasteiger partial charge in [-0.25, -0.2) is 5.43 Å². The second-order valence-corrected chi connectivity index (χ2v) is 5.46. The predicted octanol–water partition coefficient (Wildman–Crippen LogP) is 2.96. The minimum absolute atomic E-state index is 0.379. The number of nitrogens with one attached hydrogen (secondary N) is 2. The van der Waals surface area contributed by atoms with Gasteiger partial charge in [0.1, 0.15) is 0 Å². The Balaban J connectivity index is 1.81. The number of carbonyl (C=O) groups excluding carboxylic acids is 2. The highest BCUT2D eigenvalue weighted by Gasteiger charge is 2.15. The van der Waals surface area contributed by atoms with Crippen LogP contribution in [-0.2, 0) is 9.59 Å². The number of amides is 2. The van der Waals surface area contributed by atoms with E-state index in [9.17, 15) is 9.59 Å². The van der Waals surface area contributed by atoms with Gasteiger partial charge in [0.05, 0.1) is 10.7 Å². The summed E-state index contributed by atoms with van der Waals surface area (Å²) in [6, 6.07) is 6.72. The SMILES string of the molecule is O=C(N/N=C/C1CCCCC1)C(=O)Nc1ccccc1Cl. The Bertz CT molecular complexity index is 539. The highest BCUT2D eigenvalue weighted by Crippen LogP contribution is 2.22. The summed E-state index contributed by atoms with van der Waals surface area (Å²) in [4.78, 5) is 23.3. The molecule has 112 valence electrons. The lowest BCUT2D eigenvalue weighted by Crippen LogP contribution is -2.32. The number of nitrogens with zero attached hydrogens (tertiary/aromatic N) is 1. The lowest BCUT2D eigenvalue weighted by Gasteiger charge is -2.16. The number of carbonyl (C=O) groups is 2. The Morgan fingerprint density at radius 3 is 2.57 bits per heavy atom. The summed E-state index contributed by atoms with van der Waals surface area (Å²) in [5, 5.41) is 6.68. The van der Waals surface area contributed by atoms with Crippen LogP contribution in [0.1, 0.15) is 32.1 Å². The third kappa shape index (κ3) is 4.86. The Labute approximate surface area is 128 Å². The summed E-state index contributed by atoms with van der Waals surface area (Å²) >= 11 is 5.90. The van der Waals surface area contributed by atoms with Gasteiger partial charge < -0.3 is 5.32 Å².